The Balaban J connectivity index is 2.28. The van der Waals surface area contributed by atoms with Crippen LogP contribution < -0.4 is 10.2 Å². The summed E-state index contributed by atoms with van der Waals surface area (Å²) in [6.07, 6.45) is 1.60. The Morgan fingerprint density at radius 3 is 2.74 bits per heavy atom. The topological polar surface area (TPSA) is 80.2 Å². The lowest BCUT2D eigenvalue weighted by molar-refractivity contribution is 0.0601. The van der Waals surface area contributed by atoms with E-state index in [-0.39, 0.29) is 0 Å². The monoisotopic (exact) mass is 335 g/mol. The predicted molar refractivity (Wildman–Crippen MR) is 89.5 cm³/mol. The van der Waals surface area contributed by atoms with Crippen LogP contribution in [0.5, 0.6) is 0 Å². The first-order valence-corrected chi connectivity index (χ1v) is 7.56. The molecular weight excluding hydrogens is 318 g/mol. The quantitative estimate of drug-likeness (QED) is 0.813. The van der Waals surface area contributed by atoms with Crippen molar-refractivity contribution in [1.82, 2.24) is 15.2 Å². The minimum absolute atomic E-state index is 0.304. The summed E-state index contributed by atoms with van der Waals surface area (Å²) in [6.45, 7) is 5.70. The van der Waals surface area contributed by atoms with Gasteiger partial charge in [-0.3, -0.25) is 0 Å². The van der Waals surface area contributed by atoms with Crippen molar-refractivity contribution in [1.29, 1.82) is 0 Å². The Labute approximate surface area is 139 Å². The van der Waals surface area contributed by atoms with Gasteiger partial charge in [0.05, 0.1) is 29.6 Å². The number of halogens is 1. The smallest absolute Gasteiger partial charge is 0.337 e. The van der Waals surface area contributed by atoms with E-state index in [0.717, 1.165) is 13.1 Å². The molecule has 0 unspecified atom stereocenters. The fraction of sp³-hybridized carbons (Fsp3) is 0.333. The third-order valence-electron chi connectivity index (χ3n) is 3.27. The molecule has 0 amide bonds. The van der Waals surface area contributed by atoms with Crippen LogP contribution in [0.3, 0.4) is 0 Å². The van der Waals surface area contributed by atoms with Gasteiger partial charge >= 0.3 is 5.97 Å². The molecule has 1 heterocycles. The molecule has 0 bridgehead atoms. The molecule has 0 spiro atoms. The molecule has 0 saturated carbocycles. The van der Waals surface area contributed by atoms with Gasteiger partial charge in [-0.05, 0) is 32.0 Å². The van der Waals surface area contributed by atoms with Crippen LogP contribution in [0.25, 0.3) is 0 Å². The molecule has 1 aromatic heterocycles. The molecule has 1 aromatic carbocycles. The molecule has 1 N–H and O–H groups in total. The standard InChI is InChI=1S/C15H18ClN5O2/c1-4-21(5-2)13-9-17-20-15(19-13)18-12-8-10(14(22)23-3)6-7-11(12)16/h6-9H,4-5H2,1-3H3,(H,18,19,20). The number of ether oxygens (including phenoxy) is 1. The van der Waals surface area contributed by atoms with Crippen LogP contribution in [0.2, 0.25) is 5.02 Å². The Morgan fingerprint density at radius 2 is 2.09 bits per heavy atom. The van der Waals surface area contributed by atoms with Crippen molar-refractivity contribution in [2.75, 3.05) is 30.4 Å². The van der Waals surface area contributed by atoms with Crippen molar-refractivity contribution in [3.05, 3.63) is 35.0 Å². The first kappa shape index (κ1) is 17.0. The van der Waals surface area contributed by atoms with E-state index in [1.807, 2.05) is 18.7 Å². The molecule has 0 aliphatic rings. The number of rotatable bonds is 6. The number of esters is 1. The highest BCUT2D eigenvalue weighted by atomic mass is 35.5. The van der Waals surface area contributed by atoms with Crippen LogP contribution >= 0.6 is 11.6 Å². The van der Waals surface area contributed by atoms with Crippen LogP contribution in [-0.4, -0.2) is 41.3 Å². The number of carbonyl (C=O) groups is 1. The molecule has 0 fully saturated rings. The van der Waals surface area contributed by atoms with Crippen molar-refractivity contribution in [3.63, 3.8) is 0 Å². The number of benzene rings is 1. The van der Waals surface area contributed by atoms with Crippen molar-refractivity contribution in [3.8, 4) is 0 Å². The second kappa shape index (κ2) is 7.73. The lowest BCUT2D eigenvalue weighted by Crippen LogP contribution is -2.23. The molecular formula is C15H18ClN5O2. The van der Waals surface area contributed by atoms with E-state index in [2.05, 4.69) is 20.5 Å². The zero-order chi connectivity index (χ0) is 16.8. The van der Waals surface area contributed by atoms with Crippen LogP contribution in [0.15, 0.2) is 24.4 Å². The molecule has 0 atom stereocenters. The third-order valence-corrected chi connectivity index (χ3v) is 3.60. The predicted octanol–water partition coefficient (Wildman–Crippen LogP) is 2.90. The van der Waals surface area contributed by atoms with E-state index in [1.165, 1.54) is 7.11 Å². The Bertz CT molecular complexity index is 691. The van der Waals surface area contributed by atoms with Gasteiger partial charge in [0.25, 0.3) is 0 Å². The van der Waals surface area contributed by atoms with Crippen molar-refractivity contribution >= 4 is 35.0 Å². The molecule has 7 nitrogen and oxygen atoms in total. The van der Waals surface area contributed by atoms with Crippen LogP contribution in [0.4, 0.5) is 17.5 Å². The number of carbonyl (C=O) groups excluding carboxylic acids is 1. The number of aromatic nitrogens is 3. The number of methoxy groups -OCH3 is 1. The molecule has 23 heavy (non-hydrogen) atoms. The second-order valence-corrected chi connectivity index (χ2v) is 5.03. The van der Waals surface area contributed by atoms with Crippen molar-refractivity contribution in [2.45, 2.75) is 13.8 Å². The van der Waals surface area contributed by atoms with Gasteiger partial charge in [0, 0.05) is 13.1 Å². The Morgan fingerprint density at radius 1 is 1.35 bits per heavy atom. The minimum atomic E-state index is -0.444. The van der Waals surface area contributed by atoms with E-state index in [9.17, 15) is 4.79 Å². The van der Waals surface area contributed by atoms with E-state index < -0.39 is 5.97 Å². The van der Waals surface area contributed by atoms with Gasteiger partial charge in [0.1, 0.15) is 0 Å². The number of hydrogen-bond donors (Lipinski definition) is 1. The highest BCUT2D eigenvalue weighted by molar-refractivity contribution is 6.33. The van der Waals surface area contributed by atoms with E-state index >= 15 is 0 Å². The van der Waals surface area contributed by atoms with E-state index in [1.54, 1.807) is 24.4 Å². The van der Waals surface area contributed by atoms with Gasteiger partial charge < -0.3 is 15.0 Å². The van der Waals surface area contributed by atoms with E-state index in [4.69, 9.17) is 16.3 Å². The zero-order valence-electron chi connectivity index (χ0n) is 13.2. The van der Waals surface area contributed by atoms with Gasteiger partial charge in [-0.15, -0.1) is 5.10 Å². The second-order valence-electron chi connectivity index (χ2n) is 4.62. The van der Waals surface area contributed by atoms with Crippen LogP contribution in [-0.2, 0) is 4.74 Å². The molecule has 2 rings (SSSR count). The molecule has 0 aliphatic heterocycles. The summed E-state index contributed by atoms with van der Waals surface area (Å²) in [7, 11) is 1.32. The van der Waals surface area contributed by atoms with Crippen LogP contribution in [0, 0.1) is 0 Å². The number of hydrogen-bond acceptors (Lipinski definition) is 7. The van der Waals surface area contributed by atoms with E-state index in [0.29, 0.717) is 28.0 Å². The SMILES string of the molecule is CCN(CC)c1cnnc(Nc2cc(C(=O)OC)ccc2Cl)n1. The molecule has 0 saturated heterocycles. The van der Waals surface area contributed by atoms with Crippen LogP contribution in [0.1, 0.15) is 24.2 Å². The average molecular weight is 336 g/mol. The summed E-state index contributed by atoms with van der Waals surface area (Å²) in [4.78, 5) is 18.1. The maximum atomic E-state index is 11.6. The summed E-state index contributed by atoms with van der Waals surface area (Å²) >= 11 is 6.15. The fourth-order valence-corrected chi connectivity index (χ4v) is 2.20. The summed E-state index contributed by atoms with van der Waals surface area (Å²) < 4.78 is 4.70. The summed E-state index contributed by atoms with van der Waals surface area (Å²) in [6, 6.07) is 4.78. The lowest BCUT2D eigenvalue weighted by Gasteiger charge is -2.19. The molecule has 122 valence electrons. The Kier molecular flexibility index (Phi) is 5.70. The fourth-order valence-electron chi connectivity index (χ4n) is 2.03. The Hall–Kier alpha value is -2.41. The summed E-state index contributed by atoms with van der Waals surface area (Å²) in [5.41, 5.74) is 0.889. The molecule has 8 heteroatoms. The molecule has 2 aromatic rings. The normalized spacial score (nSPS) is 10.3. The first-order valence-electron chi connectivity index (χ1n) is 7.18. The molecule has 0 aliphatic carbocycles. The number of nitrogens with zero attached hydrogens (tertiary/aromatic N) is 4. The molecule has 0 radical (unpaired) electrons. The number of anilines is 3. The highest BCUT2D eigenvalue weighted by Gasteiger charge is 2.11. The summed E-state index contributed by atoms with van der Waals surface area (Å²) in [5, 5.41) is 11.3. The van der Waals surface area contributed by atoms with Gasteiger partial charge in [-0.2, -0.15) is 10.1 Å². The largest absolute Gasteiger partial charge is 0.465 e. The van der Waals surface area contributed by atoms with Crippen molar-refractivity contribution < 1.29 is 9.53 Å². The minimum Gasteiger partial charge on any atom is -0.465 e. The highest BCUT2D eigenvalue weighted by Crippen LogP contribution is 2.26. The first-order chi connectivity index (χ1) is 11.1. The maximum absolute atomic E-state index is 11.6. The van der Waals surface area contributed by atoms with Gasteiger partial charge in [-0.25, -0.2) is 4.79 Å². The lowest BCUT2D eigenvalue weighted by atomic mass is 10.2. The third kappa shape index (κ3) is 4.07. The van der Waals surface area contributed by atoms with Gasteiger partial charge in [0.15, 0.2) is 5.82 Å². The van der Waals surface area contributed by atoms with Gasteiger partial charge in [-0.1, -0.05) is 11.6 Å². The maximum Gasteiger partial charge on any atom is 0.337 e. The zero-order valence-corrected chi connectivity index (χ0v) is 14.0. The number of nitrogens with one attached hydrogen (secondary N) is 1. The van der Waals surface area contributed by atoms with Gasteiger partial charge in [0.2, 0.25) is 5.95 Å². The van der Waals surface area contributed by atoms with Crippen molar-refractivity contribution in [2.24, 2.45) is 0 Å². The average Bonchev–Trinajstić information content (AvgIpc) is 2.57. The summed E-state index contributed by atoms with van der Waals surface area (Å²) in [5.74, 6) is 0.576.